The van der Waals surface area contributed by atoms with Crippen molar-refractivity contribution in [1.82, 2.24) is 9.88 Å². The number of carbonyl (C=O) groups excluding carboxylic acids is 1. The van der Waals surface area contributed by atoms with E-state index in [2.05, 4.69) is 4.98 Å². The molecule has 1 amide bonds. The molecule has 0 spiro atoms. The molecule has 0 radical (unpaired) electrons. The molecule has 0 aliphatic carbocycles. The lowest BCUT2D eigenvalue weighted by atomic mass is 10.1. The summed E-state index contributed by atoms with van der Waals surface area (Å²) in [5.41, 5.74) is 2.68. The van der Waals surface area contributed by atoms with Gasteiger partial charge in [-0.3, -0.25) is 9.78 Å². The number of rotatable bonds is 5. The Hall–Kier alpha value is -2.20. The SMILES string of the molecule is COCc1cccc(C(=O)N(C)Cc2cccnc2)c1. The zero-order valence-electron chi connectivity index (χ0n) is 11.7. The molecule has 20 heavy (non-hydrogen) atoms. The van der Waals surface area contributed by atoms with Crippen LogP contribution in [0.1, 0.15) is 21.5 Å². The zero-order chi connectivity index (χ0) is 14.4. The van der Waals surface area contributed by atoms with Crippen LogP contribution in [0.5, 0.6) is 0 Å². The van der Waals surface area contributed by atoms with Crippen LogP contribution in [-0.4, -0.2) is 29.9 Å². The van der Waals surface area contributed by atoms with Gasteiger partial charge in [0.15, 0.2) is 0 Å². The Bertz CT molecular complexity index is 570. The van der Waals surface area contributed by atoms with E-state index in [0.717, 1.165) is 11.1 Å². The molecule has 0 unspecified atom stereocenters. The van der Waals surface area contributed by atoms with Gasteiger partial charge in [-0.05, 0) is 29.3 Å². The predicted octanol–water partition coefficient (Wildman–Crippen LogP) is 2.50. The van der Waals surface area contributed by atoms with Crippen LogP contribution in [0.2, 0.25) is 0 Å². The average molecular weight is 270 g/mol. The van der Waals surface area contributed by atoms with Gasteiger partial charge in [-0.1, -0.05) is 18.2 Å². The van der Waals surface area contributed by atoms with Crippen LogP contribution in [0.4, 0.5) is 0 Å². The lowest BCUT2D eigenvalue weighted by molar-refractivity contribution is 0.0784. The fraction of sp³-hybridized carbons (Fsp3) is 0.250. The first-order valence-corrected chi connectivity index (χ1v) is 6.43. The molecule has 0 atom stereocenters. The van der Waals surface area contributed by atoms with Crippen molar-refractivity contribution < 1.29 is 9.53 Å². The van der Waals surface area contributed by atoms with Gasteiger partial charge in [-0.15, -0.1) is 0 Å². The van der Waals surface area contributed by atoms with Crippen molar-refractivity contribution >= 4 is 5.91 Å². The van der Waals surface area contributed by atoms with Crippen molar-refractivity contribution in [2.45, 2.75) is 13.2 Å². The van der Waals surface area contributed by atoms with E-state index in [4.69, 9.17) is 4.74 Å². The minimum absolute atomic E-state index is 0.00759. The number of ether oxygens (including phenoxy) is 1. The quantitative estimate of drug-likeness (QED) is 0.838. The normalized spacial score (nSPS) is 10.3. The number of carbonyl (C=O) groups is 1. The largest absolute Gasteiger partial charge is 0.380 e. The molecule has 1 aromatic heterocycles. The third-order valence-electron chi connectivity index (χ3n) is 2.97. The Balaban J connectivity index is 2.08. The summed E-state index contributed by atoms with van der Waals surface area (Å²) in [6.07, 6.45) is 3.49. The van der Waals surface area contributed by atoms with E-state index >= 15 is 0 Å². The molecule has 0 aliphatic rings. The van der Waals surface area contributed by atoms with Crippen molar-refractivity contribution in [2.75, 3.05) is 14.2 Å². The number of nitrogens with zero attached hydrogens (tertiary/aromatic N) is 2. The van der Waals surface area contributed by atoms with E-state index in [1.54, 1.807) is 31.5 Å². The number of aromatic nitrogens is 1. The Morgan fingerprint density at radius 3 is 2.75 bits per heavy atom. The van der Waals surface area contributed by atoms with Crippen LogP contribution >= 0.6 is 0 Å². The highest BCUT2D eigenvalue weighted by Crippen LogP contribution is 2.10. The Kier molecular flexibility index (Phi) is 4.85. The summed E-state index contributed by atoms with van der Waals surface area (Å²) in [5, 5.41) is 0. The highest BCUT2D eigenvalue weighted by atomic mass is 16.5. The first-order chi connectivity index (χ1) is 9.70. The van der Waals surface area contributed by atoms with Gasteiger partial charge < -0.3 is 9.64 Å². The third-order valence-corrected chi connectivity index (χ3v) is 2.97. The summed E-state index contributed by atoms with van der Waals surface area (Å²) in [4.78, 5) is 18.1. The Labute approximate surface area is 119 Å². The van der Waals surface area contributed by atoms with Gasteiger partial charge in [-0.2, -0.15) is 0 Å². The minimum atomic E-state index is -0.00759. The van der Waals surface area contributed by atoms with E-state index in [1.165, 1.54) is 0 Å². The van der Waals surface area contributed by atoms with Gasteiger partial charge in [0.05, 0.1) is 6.61 Å². The van der Waals surface area contributed by atoms with Gasteiger partial charge in [0.2, 0.25) is 0 Å². The molecule has 1 aromatic carbocycles. The highest BCUT2D eigenvalue weighted by Gasteiger charge is 2.12. The summed E-state index contributed by atoms with van der Waals surface area (Å²) < 4.78 is 5.09. The van der Waals surface area contributed by atoms with E-state index in [9.17, 15) is 4.79 Å². The summed E-state index contributed by atoms with van der Waals surface area (Å²) in [6, 6.07) is 11.3. The fourth-order valence-electron chi connectivity index (χ4n) is 2.02. The Morgan fingerprint density at radius 2 is 2.05 bits per heavy atom. The molecule has 0 aliphatic heterocycles. The molecule has 1 heterocycles. The van der Waals surface area contributed by atoms with E-state index in [-0.39, 0.29) is 5.91 Å². The van der Waals surface area contributed by atoms with Crippen LogP contribution in [0.25, 0.3) is 0 Å². The number of amides is 1. The molecule has 0 saturated heterocycles. The molecule has 0 N–H and O–H groups in total. The smallest absolute Gasteiger partial charge is 0.253 e. The molecular weight excluding hydrogens is 252 g/mol. The first kappa shape index (κ1) is 14.2. The van der Waals surface area contributed by atoms with Crippen LogP contribution in [0.15, 0.2) is 48.8 Å². The van der Waals surface area contributed by atoms with E-state index < -0.39 is 0 Å². The van der Waals surface area contributed by atoms with Crippen LogP contribution in [0.3, 0.4) is 0 Å². The molecule has 0 fully saturated rings. The molecular formula is C16H18N2O2. The van der Waals surface area contributed by atoms with E-state index in [0.29, 0.717) is 18.7 Å². The third kappa shape index (κ3) is 3.65. The molecule has 4 nitrogen and oxygen atoms in total. The van der Waals surface area contributed by atoms with Crippen molar-refractivity contribution in [3.05, 3.63) is 65.5 Å². The number of hydrogen-bond acceptors (Lipinski definition) is 3. The molecule has 104 valence electrons. The maximum atomic E-state index is 12.4. The van der Waals surface area contributed by atoms with Crippen molar-refractivity contribution in [1.29, 1.82) is 0 Å². The summed E-state index contributed by atoms with van der Waals surface area (Å²) in [7, 11) is 3.43. The summed E-state index contributed by atoms with van der Waals surface area (Å²) in [5.74, 6) is -0.00759. The maximum absolute atomic E-state index is 12.4. The molecule has 2 aromatic rings. The van der Waals surface area contributed by atoms with E-state index in [1.807, 2.05) is 36.4 Å². The van der Waals surface area contributed by atoms with Crippen LogP contribution in [-0.2, 0) is 17.9 Å². The molecule has 0 bridgehead atoms. The van der Waals surface area contributed by atoms with Gasteiger partial charge in [0.25, 0.3) is 5.91 Å². The van der Waals surface area contributed by atoms with Gasteiger partial charge in [0.1, 0.15) is 0 Å². The number of hydrogen-bond donors (Lipinski definition) is 0. The van der Waals surface area contributed by atoms with Crippen molar-refractivity contribution in [2.24, 2.45) is 0 Å². The zero-order valence-corrected chi connectivity index (χ0v) is 11.7. The Morgan fingerprint density at radius 1 is 1.25 bits per heavy atom. The number of pyridine rings is 1. The van der Waals surface area contributed by atoms with Crippen LogP contribution in [0, 0.1) is 0 Å². The fourth-order valence-corrected chi connectivity index (χ4v) is 2.02. The average Bonchev–Trinajstić information content (AvgIpc) is 2.48. The monoisotopic (exact) mass is 270 g/mol. The molecule has 2 rings (SSSR count). The van der Waals surface area contributed by atoms with Gasteiger partial charge >= 0.3 is 0 Å². The lowest BCUT2D eigenvalue weighted by Crippen LogP contribution is -2.26. The maximum Gasteiger partial charge on any atom is 0.253 e. The number of benzene rings is 1. The lowest BCUT2D eigenvalue weighted by Gasteiger charge is -2.17. The highest BCUT2D eigenvalue weighted by molar-refractivity contribution is 5.94. The summed E-state index contributed by atoms with van der Waals surface area (Å²) >= 11 is 0. The summed E-state index contributed by atoms with van der Waals surface area (Å²) in [6.45, 7) is 1.05. The minimum Gasteiger partial charge on any atom is -0.380 e. The van der Waals surface area contributed by atoms with Crippen molar-refractivity contribution in [3.8, 4) is 0 Å². The predicted molar refractivity (Wildman–Crippen MR) is 77.2 cm³/mol. The standard InChI is InChI=1S/C16H18N2O2/c1-18(11-14-6-4-8-17-10-14)16(19)15-7-3-5-13(9-15)12-20-2/h3-10H,11-12H2,1-2H3. The second kappa shape index (κ2) is 6.82. The topological polar surface area (TPSA) is 42.4 Å². The number of methoxy groups -OCH3 is 1. The van der Waals surface area contributed by atoms with Crippen molar-refractivity contribution in [3.63, 3.8) is 0 Å². The van der Waals surface area contributed by atoms with Gasteiger partial charge in [-0.25, -0.2) is 0 Å². The second-order valence-corrected chi connectivity index (χ2v) is 4.66. The first-order valence-electron chi connectivity index (χ1n) is 6.43. The molecule has 0 saturated carbocycles. The van der Waals surface area contributed by atoms with Gasteiger partial charge in [0, 0.05) is 38.7 Å². The van der Waals surface area contributed by atoms with Crippen LogP contribution < -0.4 is 0 Å². The molecule has 4 heteroatoms. The second-order valence-electron chi connectivity index (χ2n) is 4.66.